The van der Waals surface area contributed by atoms with Crippen LogP contribution in [0.1, 0.15) is 38.3 Å². The van der Waals surface area contributed by atoms with Crippen molar-refractivity contribution in [1.29, 1.82) is 0 Å². The number of hydrogen-bond acceptors (Lipinski definition) is 6. The van der Waals surface area contributed by atoms with Gasteiger partial charge in [0, 0.05) is 31.6 Å². The standard InChI is InChI=1S/C27H31F2N3O3.C7H13NO2/c1-17(33)16-31-26(34)25(15-19-9-11-22(28)23(29)13-19)32(3)27(35)24(30-2)14-18-8-10-20-6-4-5-7-21(20)12-18;1-7(2,8)5-3-4-6(9)10/h4-13,17,24-25,30,33H,14-16H2,1-3H3,(H,31,34);3-4H,5,8H2,1-2H3,(H,9,10)/t17-,24+,25+;/m0./s1. The molecule has 0 fully saturated rings. The highest BCUT2D eigenvalue weighted by Gasteiger charge is 2.31. The molecule has 2 amide bonds. The zero-order chi connectivity index (χ0) is 33.7. The van der Waals surface area contributed by atoms with E-state index in [-0.39, 0.29) is 24.4 Å². The van der Waals surface area contributed by atoms with Crippen molar-refractivity contribution in [2.75, 3.05) is 20.6 Å². The number of likely N-dealkylation sites (N-methyl/N-ethyl adjacent to an activating group) is 2. The molecule has 3 atom stereocenters. The summed E-state index contributed by atoms with van der Waals surface area (Å²) in [6.07, 6.45) is 2.85. The quantitative estimate of drug-likeness (QED) is 0.183. The summed E-state index contributed by atoms with van der Waals surface area (Å²) in [7, 11) is 3.19. The molecule has 0 spiro atoms. The summed E-state index contributed by atoms with van der Waals surface area (Å²) in [4.78, 5) is 37.7. The summed E-state index contributed by atoms with van der Waals surface area (Å²) in [5.74, 6) is -3.75. The summed E-state index contributed by atoms with van der Waals surface area (Å²) in [6, 6.07) is 15.7. The fourth-order valence-corrected chi connectivity index (χ4v) is 4.44. The first-order valence-electron chi connectivity index (χ1n) is 14.6. The van der Waals surface area contributed by atoms with Crippen LogP contribution in [0.5, 0.6) is 0 Å². The Hall–Kier alpha value is -4.19. The molecular formula is C34H44F2N4O5. The van der Waals surface area contributed by atoms with Crippen LogP contribution in [0.15, 0.2) is 72.8 Å². The van der Waals surface area contributed by atoms with Gasteiger partial charge in [0.25, 0.3) is 0 Å². The second-order valence-electron chi connectivity index (χ2n) is 11.7. The number of halogens is 2. The van der Waals surface area contributed by atoms with Crippen molar-refractivity contribution >= 4 is 28.6 Å². The molecule has 0 aliphatic carbocycles. The number of carboxylic acid groups (broad SMARTS) is 1. The third-order valence-electron chi connectivity index (χ3n) is 6.91. The number of amides is 2. The predicted octanol–water partition coefficient (Wildman–Crippen LogP) is 3.57. The lowest BCUT2D eigenvalue weighted by molar-refractivity contribution is -0.140. The van der Waals surface area contributed by atoms with Gasteiger partial charge >= 0.3 is 5.97 Å². The van der Waals surface area contributed by atoms with Crippen LogP contribution in [0.4, 0.5) is 8.78 Å². The van der Waals surface area contributed by atoms with Gasteiger partial charge in [0.2, 0.25) is 11.8 Å². The number of benzene rings is 3. The van der Waals surface area contributed by atoms with E-state index in [1.807, 2.05) is 56.3 Å². The number of nitrogens with zero attached hydrogens (tertiary/aromatic N) is 1. The van der Waals surface area contributed by atoms with E-state index in [2.05, 4.69) is 10.6 Å². The Morgan fingerprint density at radius 2 is 1.60 bits per heavy atom. The fraction of sp³-hybridized carbons (Fsp3) is 0.382. The number of fused-ring (bicyclic) bond motifs is 1. The highest BCUT2D eigenvalue weighted by atomic mass is 19.2. The van der Waals surface area contributed by atoms with E-state index in [9.17, 15) is 28.3 Å². The van der Waals surface area contributed by atoms with Gasteiger partial charge in [-0.05, 0) is 74.7 Å². The number of rotatable bonds is 13. The Morgan fingerprint density at radius 3 is 2.18 bits per heavy atom. The van der Waals surface area contributed by atoms with Crippen LogP contribution in [-0.4, -0.2) is 77.3 Å². The zero-order valence-electron chi connectivity index (χ0n) is 26.4. The average Bonchev–Trinajstić information content (AvgIpc) is 2.97. The molecule has 45 heavy (non-hydrogen) atoms. The molecule has 244 valence electrons. The van der Waals surface area contributed by atoms with Gasteiger partial charge in [-0.2, -0.15) is 0 Å². The molecule has 0 heterocycles. The Morgan fingerprint density at radius 1 is 0.978 bits per heavy atom. The third-order valence-corrected chi connectivity index (χ3v) is 6.91. The summed E-state index contributed by atoms with van der Waals surface area (Å²) in [6.45, 7) is 5.22. The number of carbonyl (C=O) groups is 3. The van der Waals surface area contributed by atoms with Gasteiger partial charge < -0.3 is 31.5 Å². The van der Waals surface area contributed by atoms with E-state index >= 15 is 0 Å². The van der Waals surface area contributed by atoms with Gasteiger partial charge in [0.1, 0.15) is 6.04 Å². The van der Waals surface area contributed by atoms with Crippen molar-refractivity contribution in [3.63, 3.8) is 0 Å². The summed E-state index contributed by atoms with van der Waals surface area (Å²) in [5, 5.41) is 25.6. The van der Waals surface area contributed by atoms with Crippen LogP contribution in [0.3, 0.4) is 0 Å². The van der Waals surface area contributed by atoms with Crippen molar-refractivity contribution < 1.29 is 33.4 Å². The Kier molecular flexibility index (Phi) is 14.3. The average molecular weight is 627 g/mol. The molecule has 0 saturated carbocycles. The highest BCUT2D eigenvalue weighted by Crippen LogP contribution is 2.18. The SMILES string of the molecule is CC(C)(N)CC=CC(=O)O.CN[C@H](Cc1ccc2ccccc2c1)C(=O)N(C)[C@H](Cc1ccc(F)c(F)c1)C(=O)NC[C@H](C)O. The van der Waals surface area contributed by atoms with Crippen LogP contribution in [0, 0.1) is 11.6 Å². The monoisotopic (exact) mass is 626 g/mol. The largest absolute Gasteiger partial charge is 0.478 e. The molecule has 3 aromatic carbocycles. The predicted molar refractivity (Wildman–Crippen MR) is 171 cm³/mol. The van der Waals surface area contributed by atoms with Crippen LogP contribution < -0.4 is 16.4 Å². The van der Waals surface area contributed by atoms with Crippen molar-refractivity contribution in [1.82, 2.24) is 15.5 Å². The molecule has 11 heteroatoms. The van der Waals surface area contributed by atoms with Gasteiger partial charge in [-0.1, -0.05) is 54.6 Å². The summed E-state index contributed by atoms with van der Waals surface area (Å²) >= 11 is 0. The van der Waals surface area contributed by atoms with Crippen LogP contribution in [-0.2, 0) is 27.2 Å². The molecule has 0 radical (unpaired) electrons. The van der Waals surface area contributed by atoms with E-state index in [1.165, 1.54) is 24.9 Å². The molecule has 0 saturated heterocycles. The molecule has 0 bridgehead atoms. The second kappa shape index (κ2) is 17.3. The molecule has 3 aromatic rings. The van der Waals surface area contributed by atoms with Gasteiger partial charge in [-0.15, -0.1) is 0 Å². The number of carbonyl (C=O) groups excluding carboxylic acids is 2. The molecule has 6 N–H and O–H groups in total. The Balaban J connectivity index is 0.000000607. The maximum Gasteiger partial charge on any atom is 0.327 e. The minimum atomic E-state index is -1.02. The Labute approximate surface area is 263 Å². The van der Waals surface area contributed by atoms with Gasteiger partial charge in [0.15, 0.2) is 11.6 Å². The fourth-order valence-electron chi connectivity index (χ4n) is 4.44. The van der Waals surface area contributed by atoms with Gasteiger partial charge in [-0.3, -0.25) is 9.59 Å². The molecule has 0 aromatic heterocycles. The first-order chi connectivity index (χ1) is 21.1. The van der Waals surface area contributed by atoms with E-state index in [0.29, 0.717) is 18.4 Å². The van der Waals surface area contributed by atoms with Crippen LogP contribution in [0.25, 0.3) is 10.8 Å². The number of nitrogens with two attached hydrogens (primary N) is 1. The maximum absolute atomic E-state index is 13.8. The van der Waals surface area contributed by atoms with Gasteiger partial charge in [0.05, 0.1) is 12.1 Å². The minimum absolute atomic E-state index is 0.00168. The van der Waals surface area contributed by atoms with Crippen molar-refractivity contribution in [2.24, 2.45) is 5.73 Å². The smallest absolute Gasteiger partial charge is 0.327 e. The number of carboxylic acids is 1. The van der Waals surface area contributed by atoms with Crippen molar-refractivity contribution in [3.8, 4) is 0 Å². The lowest BCUT2D eigenvalue weighted by Crippen LogP contribution is -2.54. The number of hydrogen-bond donors (Lipinski definition) is 5. The first kappa shape index (κ1) is 37.0. The molecule has 3 rings (SSSR count). The molecule has 0 unspecified atom stereocenters. The second-order valence-corrected chi connectivity index (χ2v) is 11.7. The van der Waals surface area contributed by atoms with E-state index < -0.39 is 41.7 Å². The normalized spacial score (nSPS) is 13.4. The third kappa shape index (κ3) is 12.8. The van der Waals surface area contributed by atoms with Crippen molar-refractivity contribution in [2.45, 2.75) is 63.8 Å². The van der Waals surface area contributed by atoms with E-state index in [1.54, 1.807) is 13.1 Å². The zero-order valence-corrected chi connectivity index (χ0v) is 26.4. The molecule has 0 aliphatic rings. The van der Waals surface area contributed by atoms with Crippen LogP contribution in [0.2, 0.25) is 0 Å². The van der Waals surface area contributed by atoms with E-state index in [4.69, 9.17) is 10.8 Å². The molecular weight excluding hydrogens is 582 g/mol. The Bertz CT molecular complexity index is 1470. The minimum Gasteiger partial charge on any atom is -0.478 e. The van der Waals surface area contributed by atoms with Gasteiger partial charge in [-0.25, -0.2) is 13.6 Å². The molecule has 0 aliphatic heterocycles. The van der Waals surface area contributed by atoms with Crippen molar-refractivity contribution in [3.05, 3.63) is 95.6 Å². The lowest BCUT2D eigenvalue weighted by atomic mass is 9.99. The molecule has 9 nitrogen and oxygen atoms in total. The topological polar surface area (TPSA) is 145 Å². The first-order valence-corrected chi connectivity index (χ1v) is 14.6. The summed E-state index contributed by atoms with van der Waals surface area (Å²) < 4.78 is 27.2. The maximum atomic E-state index is 13.8. The lowest BCUT2D eigenvalue weighted by Gasteiger charge is -2.31. The summed E-state index contributed by atoms with van der Waals surface area (Å²) in [5.41, 5.74) is 6.59. The number of aliphatic hydroxyl groups excluding tert-OH is 1. The number of aliphatic hydroxyl groups is 1. The number of aliphatic carboxylic acids is 1. The highest BCUT2D eigenvalue weighted by molar-refractivity contribution is 5.90. The van der Waals surface area contributed by atoms with Crippen LogP contribution >= 0.6 is 0 Å². The van der Waals surface area contributed by atoms with E-state index in [0.717, 1.165) is 34.5 Å². The number of nitrogens with one attached hydrogen (secondary N) is 2.